The summed E-state index contributed by atoms with van der Waals surface area (Å²) in [6.07, 6.45) is -0.493. The Morgan fingerprint density at radius 1 is 1.23 bits per heavy atom. The Bertz CT molecular complexity index is 1000. The molecule has 1 atom stereocenters. The van der Waals surface area contributed by atoms with Crippen LogP contribution in [0.1, 0.15) is 15.9 Å². The molecule has 0 fully saturated rings. The number of benzene rings is 2. The van der Waals surface area contributed by atoms with Gasteiger partial charge in [0.1, 0.15) is 0 Å². The molecule has 0 radical (unpaired) electrons. The minimum absolute atomic E-state index is 0.359. The summed E-state index contributed by atoms with van der Waals surface area (Å²) in [5.41, 5.74) is 3.06. The molecule has 0 aliphatic carbocycles. The lowest BCUT2D eigenvalue weighted by molar-refractivity contribution is -0.125. The molecule has 0 saturated heterocycles. The Balaban J connectivity index is 1.49. The number of rotatable bonds is 3. The molecule has 1 aromatic heterocycles. The van der Waals surface area contributed by atoms with E-state index >= 15 is 0 Å². The van der Waals surface area contributed by atoms with Crippen molar-refractivity contribution < 1.29 is 14.3 Å². The van der Waals surface area contributed by atoms with Crippen LogP contribution in [0.25, 0.3) is 11.3 Å². The average Bonchev–Trinajstić information content (AvgIpc) is 3.10. The Morgan fingerprint density at radius 3 is 2.92 bits per heavy atom. The molecule has 1 aliphatic heterocycles. The smallest absolute Gasteiger partial charge is 0.339 e. The molecule has 7 heteroatoms. The van der Waals surface area contributed by atoms with Crippen molar-refractivity contribution in [2.45, 2.75) is 12.5 Å². The molecule has 0 saturated carbocycles. The predicted molar refractivity (Wildman–Crippen MR) is 103 cm³/mol. The fraction of sp³-hybridized carbons (Fsp3) is 0.105. The number of aromatic nitrogens is 1. The van der Waals surface area contributed by atoms with Crippen molar-refractivity contribution in [1.82, 2.24) is 4.98 Å². The molecule has 0 spiro atoms. The maximum absolute atomic E-state index is 12.5. The lowest BCUT2D eigenvalue weighted by atomic mass is 9.98. The first-order valence-corrected chi connectivity index (χ1v) is 9.58. The number of hydrogen-bond donors (Lipinski definition) is 1. The highest BCUT2D eigenvalue weighted by Gasteiger charge is 2.31. The number of cyclic esters (lactones) is 1. The first kappa shape index (κ1) is 16.9. The molecule has 1 amide bonds. The van der Waals surface area contributed by atoms with E-state index in [1.807, 2.05) is 41.8 Å². The Labute approximate surface area is 162 Å². The highest BCUT2D eigenvalue weighted by molar-refractivity contribution is 9.10. The second kappa shape index (κ2) is 7.01. The van der Waals surface area contributed by atoms with E-state index in [0.717, 1.165) is 21.3 Å². The number of nitrogens with one attached hydrogen (secondary N) is 1. The lowest BCUT2D eigenvalue weighted by Crippen LogP contribution is -2.37. The van der Waals surface area contributed by atoms with Gasteiger partial charge in [0, 0.05) is 21.8 Å². The second-order valence-corrected chi connectivity index (χ2v) is 7.57. The van der Waals surface area contributed by atoms with Gasteiger partial charge in [-0.05, 0) is 23.8 Å². The summed E-state index contributed by atoms with van der Waals surface area (Å²) in [6.45, 7) is 0. The van der Waals surface area contributed by atoms with E-state index in [4.69, 9.17) is 4.74 Å². The van der Waals surface area contributed by atoms with E-state index in [-0.39, 0.29) is 5.91 Å². The zero-order chi connectivity index (χ0) is 18.1. The third kappa shape index (κ3) is 3.40. The van der Waals surface area contributed by atoms with Crippen molar-refractivity contribution in [3.63, 3.8) is 0 Å². The molecule has 4 rings (SSSR count). The lowest BCUT2D eigenvalue weighted by Gasteiger charge is -2.23. The number of hydrogen-bond acceptors (Lipinski definition) is 5. The van der Waals surface area contributed by atoms with Gasteiger partial charge < -0.3 is 4.74 Å². The number of fused-ring (bicyclic) bond motifs is 1. The third-order valence-electron chi connectivity index (χ3n) is 4.04. The van der Waals surface area contributed by atoms with E-state index in [1.165, 1.54) is 11.3 Å². The van der Waals surface area contributed by atoms with Crippen molar-refractivity contribution in [3.8, 4) is 11.3 Å². The number of nitrogens with zero attached hydrogens (tertiary/aromatic N) is 1. The Morgan fingerprint density at radius 2 is 2.08 bits per heavy atom. The Hall–Kier alpha value is -2.51. The van der Waals surface area contributed by atoms with E-state index < -0.39 is 12.1 Å². The molecular formula is C19H13BrN2O3S. The molecule has 0 bridgehead atoms. The fourth-order valence-electron chi connectivity index (χ4n) is 2.78. The van der Waals surface area contributed by atoms with Crippen molar-refractivity contribution in [3.05, 3.63) is 69.5 Å². The number of anilines is 1. The van der Waals surface area contributed by atoms with Gasteiger partial charge in [0.2, 0.25) is 0 Å². The number of thiazole rings is 1. The van der Waals surface area contributed by atoms with Crippen LogP contribution >= 0.6 is 27.3 Å². The number of ether oxygens (including phenoxy) is 1. The largest absolute Gasteiger partial charge is 0.448 e. The topological polar surface area (TPSA) is 68.3 Å². The van der Waals surface area contributed by atoms with Gasteiger partial charge in [0.25, 0.3) is 5.91 Å². The van der Waals surface area contributed by atoms with E-state index in [1.54, 1.807) is 12.1 Å². The van der Waals surface area contributed by atoms with Crippen molar-refractivity contribution in [1.29, 1.82) is 0 Å². The number of carbonyl (C=O) groups excluding carboxylic acids is 2. The van der Waals surface area contributed by atoms with Gasteiger partial charge in [-0.15, -0.1) is 11.3 Å². The van der Waals surface area contributed by atoms with Crippen LogP contribution in [0, 0.1) is 0 Å². The standard InChI is InChI=1S/C19H13BrN2O3S/c20-13-6-3-5-12(8-13)15-10-26-19(21-15)22-17(23)16-9-11-4-1-2-7-14(11)18(24)25-16/h1-8,10,16H,9H2,(H,21,22,23). The van der Waals surface area contributed by atoms with Gasteiger partial charge in [-0.1, -0.05) is 46.3 Å². The summed E-state index contributed by atoms with van der Waals surface area (Å²) < 4.78 is 6.23. The van der Waals surface area contributed by atoms with Gasteiger partial charge in [-0.3, -0.25) is 10.1 Å². The van der Waals surface area contributed by atoms with E-state index in [2.05, 4.69) is 26.2 Å². The van der Waals surface area contributed by atoms with Gasteiger partial charge >= 0.3 is 5.97 Å². The van der Waals surface area contributed by atoms with Gasteiger partial charge in [0.05, 0.1) is 11.3 Å². The maximum Gasteiger partial charge on any atom is 0.339 e. The van der Waals surface area contributed by atoms with Crippen molar-refractivity contribution in [2.24, 2.45) is 0 Å². The fourth-order valence-corrected chi connectivity index (χ4v) is 3.90. The minimum Gasteiger partial charge on any atom is -0.448 e. The number of amides is 1. The summed E-state index contributed by atoms with van der Waals surface area (Å²) in [7, 11) is 0. The molecule has 130 valence electrons. The SMILES string of the molecule is O=C1OC(C(=O)Nc2nc(-c3cccc(Br)c3)cs2)Cc2ccccc21. The monoisotopic (exact) mass is 428 g/mol. The molecule has 5 nitrogen and oxygen atoms in total. The van der Waals surface area contributed by atoms with E-state index in [9.17, 15) is 9.59 Å². The zero-order valence-corrected chi connectivity index (χ0v) is 15.8. The number of carbonyl (C=O) groups is 2. The highest BCUT2D eigenvalue weighted by Crippen LogP contribution is 2.27. The summed E-state index contributed by atoms with van der Waals surface area (Å²) in [5, 5.41) is 5.09. The van der Waals surface area contributed by atoms with Crippen LogP contribution in [0.3, 0.4) is 0 Å². The molecule has 2 aromatic carbocycles. The maximum atomic E-state index is 12.5. The summed E-state index contributed by atoms with van der Waals surface area (Å²) in [6, 6.07) is 14.9. The summed E-state index contributed by atoms with van der Waals surface area (Å²) >= 11 is 4.77. The molecule has 1 aliphatic rings. The van der Waals surface area contributed by atoms with E-state index in [0.29, 0.717) is 17.1 Å². The van der Waals surface area contributed by atoms with Gasteiger partial charge in [0.15, 0.2) is 11.2 Å². The van der Waals surface area contributed by atoms with Crippen LogP contribution in [0.5, 0.6) is 0 Å². The summed E-state index contributed by atoms with van der Waals surface area (Å²) in [5.74, 6) is -0.844. The molecule has 3 aromatic rings. The van der Waals surface area contributed by atoms with Crippen LogP contribution in [0.4, 0.5) is 5.13 Å². The third-order valence-corrected chi connectivity index (χ3v) is 5.29. The minimum atomic E-state index is -0.851. The first-order valence-electron chi connectivity index (χ1n) is 7.91. The zero-order valence-electron chi connectivity index (χ0n) is 13.4. The predicted octanol–water partition coefficient (Wildman–Crippen LogP) is 4.29. The van der Waals surface area contributed by atoms with Gasteiger partial charge in [-0.2, -0.15) is 0 Å². The van der Waals surface area contributed by atoms with Crippen LogP contribution < -0.4 is 5.32 Å². The molecular weight excluding hydrogens is 416 g/mol. The van der Waals surface area contributed by atoms with Crippen molar-refractivity contribution >= 4 is 44.3 Å². The second-order valence-electron chi connectivity index (χ2n) is 5.79. The summed E-state index contributed by atoms with van der Waals surface area (Å²) in [4.78, 5) is 29.0. The first-order chi connectivity index (χ1) is 12.6. The van der Waals surface area contributed by atoms with Crippen LogP contribution in [-0.4, -0.2) is 23.0 Å². The van der Waals surface area contributed by atoms with Gasteiger partial charge in [-0.25, -0.2) is 9.78 Å². The number of halogens is 1. The Kier molecular flexibility index (Phi) is 4.57. The molecule has 1 N–H and O–H groups in total. The molecule has 2 heterocycles. The van der Waals surface area contributed by atoms with Crippen LogP contribution in [0.15, 0.2) is 58.4 Å². The quantitative estimate of drug-likeness (QED) is 0.631. The average molecular weight is 429 g/mol. The van der Waals surface area contributed by atoms with Crippen LogP contribution in [0.2, 0.25) is 0 Å². The van der Waals surface area contributed by atoms with Crippen LogP contribution in [-0.2, 0) is 16.0 Å². The highest BCUT2D eigenvalue weighted by atomic mass is 79.9. The van der Waals surface area contributed by atoms with Crippen molar-refractivity contribution in [2.75, 3.05) is 5.32 Å². The molecule has 26 heavy (non-hydrogen) atoms. The molecule has 1 unspecified atom stereocenters. The normalized spacial score (nSPS) is 15.9. The number of esters is 1.